The summed E-state index contributed by atoms with van der Waals surface area (Å²) < 4.78 is 0. The Morgan fingerprint density at radius 1 is 0.826 bits per heavy atom. The number of benzene rings is 2. The first-order chi connectivity index (χ1) is 11.3. The predicted octanol–water partition coefficient (Wildman–Crippen LogP) is 6.91. The number of phenols is 1. The van der Waals surface area contributed by atoms with Gasteiger partial charge in [0, 0.05) is 5.56 Å². The first kappa shape index (κ1) is 17.6. The third kappa shape index (κ3) is 4.86. The SMILES string of the molecule is CCCCCCCC(CC)c1cccc(O)c1-c1ccccc1. The summed E-state index contributed by atoms with van der Waals surface area (Å²) in [6.07, 6.45) is 8.92. The molecule has 2 aromatic rings. The van der Waals surface area contributed by atoms with E-state index in [4.69, 9.17) is 0 Å². The van der Waals surface area contributed by atoms with E-state index in [0.29, 0.717) is 11.7 Å². The first-order valence-electron chi connectivity index (χ1n) is 9.15. The maximum absolute atomic E-state index is 10.4. The van der Waals surface area contributed by atoms with Gasteiger partial charge in [-0.05, 0) is 36.0 Å². The highest BCUT2D eigenvalue weighted by atomic mass is 16.3. The summed E-state index contributed by atoms with van der Waals surface area (Å²) >= 11 is 0. The summed E-state index contributed by atoms with van der Waals surface area (Å²) in [4.78, 5) is 0. The topological polar surface area (TPSA) is 20.2 Å². The molecule has 1 N–H and O–H groups in total. The van der Waals surface area contributed by atoms with Crippen LogP contribution in [0, 0.1) is 0 Å². The molecule has 0 saturated heterocycles. The lowest BCUT2D eigenvalue weighted by atomic mass is 9.85. The molecular formula is C22H30O. The minimum absolute atomic E-state index is 0.401. The van der Waals surface area contributed by atoms with Crippen LogP contribution in [0.1, 0.15) is 70.3 Å². The zero-order chi connectivity index (χ0) is 16.5. The molecule has 0 aliphatic carbocycles. The highest BCUT2D eigenvalue weighted by Gasteiger charge is 2.17. The molecule has 1 heteroatoms. The third-order valence-electron chi connectivity index (χ3n) is 4.73. The summed E-state index contributed by atoms with van der Waals surface area (Å²) in [5, 5.41) is 10.4. The average molecular weight is 310 g/mol. The summed E-state index contributed by atoms with van der Waals surface area (Å²) in [6.45, 7) is 4.52. The van der Waals surface area contributed by atoms with Gasteiger partial charge in [0.25, 0.3) is 0 Å². The predicted molar refractivity (Wildman–Crippen MR) is 100.0 cm³/mol. The van der Waals surface area contributed by atoms with Crippen molar-refractivity contribution in [2.75, 3.05) is 0 Å². The molecule has 1 atom stereocenters. The molecule has 2 rings (SSSR count). The molecule has 0 bridgehead atoms. The Labute approximate surface area is 141 Å². The molecule has 0 spiro atoms. The second-order valence-electron chi connectivity index (χ2n) is 6.42. The van der Waals surface area contributed by atoms with Crippen molar-refractivity contribution >= 4 is 0 Å². The summed E-state index contributed by atoms with van der Waals surface area (Å²) in [5.41, 5.74) is 3.44. The Bertz CT molecular complexity index is 574. The fraction of sp³-hybridized carbons (Fsp3) is 0.455. The van der Waals surface area contributed by atoms with Crippen LogP contribution in [0.5, 0.6) is 5.75 Å². The molecule has 0 heterocycles. The Morgan fingerprint density at radius 2 is 1.57 bits per heavy atom. The summed E-state index contributed by atoms with van der Waals surface area (Å²) in [7, 11) is 0. The lowest BCUT2D eigenvalue weighted by molar-refractivity contribution is 0.474. The van der Waals surface area contributed by atoms with Gasteiger partial charge in [-0.25, -0.2) is 0 Å². The molecule has 0 saturated carbocycles. The Hall–Kier alpha value is -1.76. The number of phenolic OH excluding ortho intramolecular Hbond substituents is 1. The molecule has 0 radical (unpaired) electrons. The second-order valence-corrected chi connectivity index (χ2v) is 6.42. The second kappa shape index (κ2) is 9.39. The first-order valence-corrected chi connectivity index (χ1v) is 9.15. The Balaban J connectivity index is 2.18. The van der Waals surface area contributed by atoms with Crippen LogP contribution in [0.25, 0.3) is 11.1 Å². The van der Waals surface area contributed by atoms with Gasteiger partial charge in [-0.3, -0.25) is 0 Å². The van der Waals surface area contributed by atoms with E-state index in [1.807, 2.05) is 24.3 Å². The molecule has 2 aromatic carbocycles. The van der Waals surface area contributed by atoms with E-state index in [-0.39, 0.29) is 0 Å². The summed E-state index contributed by atoms with van der Waals surface area (Å²) in [6, 6.07) is 16.3. The van der Waals surface area contributed by atoms with E-state index >= 15 is 0 Å². The van der Waals surface area contributed by atoms with Gasteiger partial charge in [-0.15, -0.1) is 0 Å². The van der Waals surface area contributed by atoms with Crippen molar-refractivity contribution in [3.63, 3.8) is 0 Å². The zero-order valence-corrected chi connectivity index (χ0v) is 14.6. The largest absolute Gasteiger partial charge is 0.507 e. The smallest absolute Gasteiger partial charge is 0.123 e. The molecule has 124 valence electrons. The molecule has 0 aliphatic heterocycles. The number of hydrogen-bond donors (Lipinski definition) is 1. The molecular weight excluding hydrogens is 280 g/mol. The van der Waals surface area contributed by atoms with Gasteiger partial charge in [0.15, 0.2) is 0 Å². The highest BCUT2D eigenvalue weighted by molar-refractivity contribution is 5.74. The van der Waals surface area contributed by atoms with Crippen LogP contribution in [-0.2, 0) is 0 Å². The number of aromatic hydroxyl groups is 1. The monoisotopic (exact) mass is 310 g/mol. The van der Waals surface area contributed by atoms with E-state index in [1.54, 1.807) is 6.07 Å². The van der Waals surface area contributed by atoms with E-state index in [1.165, 1.54) is 44.1 Å². The average Bonchev–Trinajstić information content (AvgIpc) is 2.59. The van der Waals surface area contributed by atoms with E-state index in [2.05, 4.69) is 32.0 Å². The standard InChI is InChI=1S/C22H30O/c1-3-5-6-7-9-13-18(4-2)20-16-12-17-21(23)22(20)19-14-10-8-11-15-19/h8,10-12,14-18,23H,3-7,9,13H2,1-2H3. The van der Waals surface area contributed by atoms with Gasteiger partial charge >= 0.3 is 0 Å². The quantitative estimate of drug-likeness (QED) is 0.499. The van der Waals surface area contributed by atoms with Gasteiger partial charge in [0.1, 0.15) is 5.75 Å². The summed E-state index contributed by atoms with van der Waals surface area (Å²) in [5.74, 6) is 0.928. The van der Waals surface area contributed by atoms with Gasteiger partial charge in [0.2, 0.25) is 0 Å². The van der Waals surface area contributed by atoms with Crippen LogP contribution in [0.15, 0.2) is 48.5 Å². The van der Waals surface area contributed by atoms with Crippen LogP contribution < -0.4 is 0 Å². The van der Waals surface area contributed by atoms with Crippen molar-refractivity contribution in [2.24, 2.45) is 0 Å². The normalized spacial score (nSPS) is 12.3. The number of unbranched alkanes of at least 4 members (excludes halogenated alkanes) is 4. The molecule has 0 aromatic heterocycles. The fourth-order valence-electron chi connectivity index (χ4n) is 3.39. The van der Waals surface area contributed by atoms with Crippen LogP contribution in [0.2, 0.25) is 0 Å². The Morgan fingerprint density at radius 3 is 2.26 bits per heavy atom. The fourth-order valence-corrected chi connectivity index (χ4v) is 3.39. The minimum atomic E-state index is 0.401. The van der Waals surface area contributed by atoms with Crippen molar-refractivity contribution in [1.29, 1.82) is 0 Å². The molecule has 0 amide bonds. The highest BCUT2D eigenvalue weighted by Crippen LogP contribution is 2.39. The third-order valence-corrected chi connectivity index (χ3v) is 4.73. The number of rotatable bonds is 9. The van der Waals surface area contributed by atoms with Crippen molar-refractivity contribution in [2.45, 2.75) is 64.7 Å². The van der Waals surface area contributed by atoms with Crippen molar-refractivity contribution in [3.8, 4) is 16.9 Å². The molecule has 0 aliphatic rings. The van der Waals surface area contributed by atoms with Crippen LogP contribution in [0.3, 0.4) is 0 Å². The van der Waals surface area contributed by atoms with E-state index in [9.17, 15) is 5.11 Å². The van der Waals surface area contributed by atoms with Crippen molar-refractivity contribution < 1.29 is 5.11 Å². The van der Waals surface area contributed by atoms with Crippen LogP contribution in [0.4, 0.5) is 0 Å². The Kier molecular flexibility index (Phi) is 7.19. The van der Waals surface area contributed by atoms with Crippen LogP contribution in [-0.4, -0.2) is 5.11 Å². The number of hydrogen-bond acceptors (Lipinski definition) is 1. The maximum atomic E-state index is 10.4. The molecule has 1 nitrogen and oxygen atoms in total. The van der Waals surface area contributed by atoms with E-state index in [0.717, 1.165) is 17.5 Å². The lowest BCUT2D eigenvalue weighted by Gasteiger charge is -2.20. The van der Waals surface area contributed by atoms with E-state index < -0.39 is 0 Å². The molecule has 0 fully saturated rings. The van der Waals surface area contributed by atoms with Crippen molar-refractivity contribution in [3.05, 3.63) is 54.1 Å². The lowest BCUT2D eigenvalue weighted by Crippen LogP contribution is -2.01. The van der Waals surface area contributed by atoms with Gasteiger partial charge in [-0.2, -0.15) is 0 Å². The van der Waals surface area contributed by atoms with Crippen LogP contribution >= 0.6 is 0 Å². The van der Waals surface area contributed by atoms with Gasteiger partial charge < -0.3 is 5.11 Å². The zero-order valence-electron chi connectivity index (χ0n) is 14.6. The molecule has 23 heavy (non-hydrogen) atoms. The van der Waals surface area contributed by atoms with Gasteiger partial charge in [0.05, 0.1) is 0 Å². The van der Waals surface area contributed by atoms with Gasteiger partial charge in [-0.1, -0.05) is 88.4 Å². The minimum Gasteiger partial charge on any atom is -0.507 e. The maximum Gasteiger partial charge on any atom is 0.123 e. The van der Waals surface area contributed by atoms with Crippen molar-refractivity contribution in [1.82, 2.24) is 0 Å². The molecule has 1 unspecified atom stereocenters.